The van der Waals surface area contributed by atoms with Gasteiger partial charge in [0.25, 0.3) is 11.6 Å². The number of phenols is 1. The molecular formula is C18H13N9O5. The molecule has 0 fully saturated rings. The maximum atomic E-state index is 13.0. The van der Waals surface area contributed by atoms with Crippen LogP contribution in [0.5, 0.6) is 5.75 Å². The Hall–Kier alpha value is -5.14. The number of amides is 1. The van der Waals surface area contributed by atoms with Gasteiger partial charge < -0.3 is 10.8 Å². The van der Waals surface area contributed by atoms with Crippen LogP contribution in [0.3, 0.4) is 0 Å². The molecule has 14 heteroatoms. The van der Waals surface area contributed by atoms with Crippen molar-refractivity contribution in [3.05, 3.63) is 69.9 Å². The smallest absolute Gasteiger partial charge is 0.292 e. The van der Waals surface area contributed by atoms with Crippen LogP contribution in [0, 0.1) is 10.1 Å². The van der Waals surface area contributed by atoms with Gasteiger partial charge in [-0.15, -0.1) is 5.10 Å². The van der Waals surface area contributed by atoms with Crippen molar-refractivity contribution < 1.29 is 19.5 Å². The summed E-state index contributed by atoms with van der Waals surface area (Å²) in [5.74, 6) is -1.18. The summed E-state index contributed by atoms with van der Waals surface area (Å²) in [4.78, 5) is 23.3. The number of rotatable bonds is 6. The van der Waals surface area contributed by atoms with Crippen molar-refractivity contribution in [1.29, 1.82) is 0 Å². The zero-order valence-electron chi connectivity index (χ0n) is 16.0. The number of aromatic nitrogens is 5. The predicted molar refractivity (Wildman–Crippen MR) is 109 cm³/mol. The number of hydrazone groups is 1. The van der Waals surface area contributed by atoms with Gasteiger partial charge in [-0.2, -0.15) is 9.78 Å². The van der Waals surface area contributed by atoms with E-state index in [1.807, 2.05) is 0 Å². The number of nitro benzene ring substituents is 1. The van der Waals surface area contributed by atoms with E-state index in [0.717, 1.165) is 29.1 Å². The lowest BCUT2D eigenvalue weighted by Crippen LogP contribution is -2.22. The van der Waals surface area contributed by atoms with E-state index < -0.39 is 10.8 Å². The average Bonchev–Trinajstić information content (AvgIpc) is 3.41. The molecular weight excluding hydrogens is 422 g/mol. The summed E-state index contributed by atoms with van der Waals surface area (Å²) in [6.45, 7) is 0. The maximum Gasteiger partial charge on any atom is 0.292 e. The number of non-ortho nitro benzene ring substituents is 1. The molecule has 0 aliphatic rings. The third-order valence-corrected chi connectivity index (χ3v) is 4.22. The fraction of sp³-hybridized carbons (Fsp3) is 0. The minimum atomic E-state index is -0.752. The van der Waals surface area contributed by atoms with Crippen LogP contribution in [0.4, 0.5) is 11.5 Å². The van der Waals surface area contributed by atoms with Gasteiger partial charge in [0.15, 0.2) is 5.69 Å². The first-order valence-electron chi connectivity index (χ1n) is 8.86. The number of phenolic OH excluding ortho intramolecular Hbond substituents is 1. The van der Waals surface area contributed by atoms with E-state index in [0.29, 0.717) is 5.56 Å². The number of nitrogens with zero attached hydrogens (tertiary/aromatic N) is 7. The lowest BCUT2D eigenvalue weighted by molar-refractivity contribution is -0.384. The normalized spacial score (nSPS) is 11.0. The quantitative estimate of drug-likeness (QED) is 0.225. The molecule has 32 heavy (non-hydrogen) atoms. The second kappa shape index (κ2) is 8.31. The van der Waals surface area contributed by atoms with Crippen LogP contribution >= 0.6 is 0 Å². The van der Waals surface area contributed by atoms with Gasteiger partial charge in [-0.1, -0.05) is 35.5 Å². The minimum Gasteiger partial charge on any atom is -0.507 e. The number of carbonyl (C=O) groups is 1. The largest absolute Gasteiger partial charge is 0.507 e. The van der Waals surface area contributed by atoms with E-state index in [2.05, 4.69) is 35.8 Å². The molecule has 4 aromatic rings. The van der Waals surface area contributed by atoms with Crippen LogP contribution in [0.25, 0.3) is 17.1 Å². The van der Waals surface area contributed by atoms with Gasteiger partial charge in [-0.3, -0.25) is 14.9 Å². The summed E-state index contributed by atoms with van der Waals surface area (Å²) in [5.41, 5.74) is 8.49. The summed E-state index contributed by atoms with van der Waals surface area (Å²) < 4.78 is 5.62. The summed E-state index contributed by atoms with van der Waals surface area (Å²) in [5, 5.41) is 39.6. The number of carbonyl (C=O) groups excluding carboxylic acids is 1. The lowest BCUT2D eigenvalue weighted by Gasteiger charge is -2.05. The monoisotopic (exact) mass is 435 g/mol. The van der Waals surface area contributed by atoms with Crippen molar-refractivity contribution in [2.75, 3.05) is 5.73 Å². The van der Waals surface area contributed by atoms with Gasteiger partial charge in [0.05, 0.1) is 11.1 Å². The first-order valence-corrected chi connectivity index (χ1v) is 8.86. The van der Waals surface area contributed by atoms with Gasteiger partial charge in [0.2, 0.25) is 11.6 Å². The number of nitrogen functional groups attached to an aromatic ring is 1. The third-order valence-electron chi connectivity index (χ3n) is 4.22. The maximum absolute atomic E-state index is 13.0. The number of nitro groups is 1. The van der Waals surface area contributed by atoms with Crippen molar-refractivity contribution in [2.24, 2.45) is 5.10 Å². The van der Waals surface area contributed by atoms with Gasteiger partial charge in [-0.25, -0.2) is 10.1 Å². The first-order chi connectivity index (χ1) is 15.5. The highest BCUT2D eigenvalue weighted by Crippen LogP contribution is 2.24. The first kappa shape index (κ1) is 20.1. The summed E-state index contributed by atoms with van der Waals surface area (Å²) in [7, 11) is 0. The Balaban J connectivity index is 1.68. The molecule has 0 radical (unpaired) electrons. The Kier molecular flexibility index (Phi) is 5.23. The molecule has 2 heterocycles. The van der Waals surface area contributed by atoms with Crippen LogP contribution in [0.1, 0.15) is 16.1 Å². The highest BCUT2D eigenvalue weighted by Gasteiger charge is 2.25. The predicted octanol–water partition coefficient (Wildman–Crippen LogP) is 1.28. The van der Waals surface area contributed by atoms with Gasteiger partial charge in [-0.05, 0) is 16.4 Å². The second-order valence-corrected chi connectivity index (χ2v) is 6.24. The van der Waals surface area contributed by atoms with Gasteiger partial charge in [0.1, 0.15) is 11.4 Å². The molecule has 0 aliphatic heterocycles. The number of hydrogen-bond donors (Lipinski definition) is 3. The van der Waals surface area contributed by atoms with E-state index in [4.69, 9.17) is 5.73 Å². The molecule has 0 unspecified atom stereocenters. The second-order valence-electron chi connectivity index (χ2n) is 6.24. The van der Waals surface area contributed by atoms with Crippen LogP contribution < -0.4 is 11.2 Å². The number of anilines is 1. The van der Waals surface area contributed by atoms with Crippen molar-refractivity contribution in [2.45, 2.75) is 0 Å². The molecule has 0 spiro atoms. The lowest BCUT2D eigenvalue weighted by atomic mass is 10.1. The van der Waals surface area contributed by atoms with Gasteiger partial charge in [0, 0.05) is 23.3 Å². The van der Waals surface area contributed by atoms with Crippen LogP contribution in [-0.4, -0.2) is 47.5 Å². The van der Waals surface area contributed by atoms with Crippen molar-refractivity contribution in [1.82, 2.24) is 30.7 Å². The Labute approximate surface area is 178 Å². The van der Waals surface area contributed by atoms with Gasteiger partial charge >= 0.3 is 0 Å². The average molecular weight is 435 g/mol. The molecule has 0 saturated heterocycles. The van der Waals surface area contributed by atoms with Crippen molar-refractivity contribution >= 4 is 23.6 Å². The highest BCUT2D eigenvalue weighted by atomic mass is 16.6. The molecule has 14 nitrogen and oxygen atoms in total. The minimum absolute atomic E-state index is 0.0272. The highest BCUT2D eigenvalue weighted by molar-refractivity contribution is 5.99. The zero-order valence-corrected chi connectivity index (χ0v) is 16.0. The van der Waals surface area contributed by atoms with E-state index in [9.17, 15) is 20.0 Å². The molecule has 2 aromatic heterocycles. The topological polar surface area (TPSA) is 200 Å². The Morgan fingerprint density at radius 1 is 1.25 bits per heavy atom. The summed E-state index contributed by atoms with van der Waals surface area (Å²) in [6.07, 6.45) is 1.06. The molecule has 0 atom stereocenters. The third kappa shape index (κ3) is 3.82. The van der Waals surface area contributed by atoms with Crippen LogP contribution in [0.2, 0.25) is 0 Å². The number of benzene rings is 2. The van der Waals surface area contributed by atoms with E-state index in [1.165, 1.54) is 0 Å². The molecule has 2 aromatic carbocycles. The van der Waals surface area contributed by atoms with Crippen molar-refractivity contribution in [3.63, 3.8) is 0 Å². The van der Waals surface area contributed by atoms with Crippen LogP contribution in [-0.2, 0) is 0 Å². The SMILES string of the molecule is Nc1nonc1-n1nnc(-c2ccccc2)c1C(=O)N/N=C/c1cc([N+](=O)[O-])ccc1O. The molecule has 160 valence electrons. The van der Waals surface area contributed by atoms with E-state index >= 15 is 0 Å². The molecule has 0 bridgehead atoms. The molecule has 4 N–H and O–H groups in total. The van der Waals surface area contributed by atoms with E-state index in [1.54, 1.807) is 30.3 Å². The molecule has 0 aliphatic carbocycles. The standard InChI is InChI=1S/C18H13N9O5/c19-16-17(24-32-23-16)26-15(14(21-25-26)10-4-2-1-3-5-10)18(29)22-20-9-11-8-12(27(30)31)6-7-13(11)28/h1-9,28H,(H2,19,23)(H,22,29)/b20-9+. The Morgan fingerprint density at radius 2 is 2.03 bits per heavy atom. The number of hydrogen-bond acceptors (Lipinski definition) is 11. The Bertz CT molecular complexity index is 1330. The Morgan fingerprint density at radius 3 is 2.72 bits per heavy atom. The number of nitrogens with one attached hydrogen (secondary N) is 1. The van der Waals surface area contributed by atoms with Crippen molar-refractivity contribution in [3.8, 4) is 22.8 Å². The summed E-state index contributed by atoms with van der Waals surface area (Å²) >= 11 is 0. The summed E-state index contributed by atoms with van der Waals surface area (Å²) in [6, 6.07) is 12.1. The van der Waals surface area contributed by atoms with E-state index in [-0.39, 0.29) is 40.0 Å². The number of aromatic hydroxyl groups is 1. The molecule has 4 rings (SSSR count). The fourth-order valence-electron chi connectivity index (χ4n) is 2.73. The zero-order chi connectivity index (χ0) is 22.7. The molecule has 0 saturated carbocycles. The van der Waals surface area contributed by atoms with Crippen LogP contribution in [0.15, 0.2) is 58.3 Å². The molecule has 1 amide bonds. The fourth-order valence-corrected chi connectivity index (χ4v) is 2.73. The number of nitrogens with two attached hydrogens (primary N) is 1.